The van der Waals surface area contributed by atoms with Crippen LogP contribution in [0.2, 0.25) is 0 Å². The molecule has 106 valence electrons. The molecule has 0 spiro atoms. The maximum Gasteiger partial charge on any atom is 0.151 e. The second-order valence-corrected chi connectivity index (χ2v) is 8.25. The Bertz CT molecular complexity index is 399. The van der Waals surface area contributed by atoms with Gasteiger partial charge in [-0.3, -0.25) is 9.59 Å². The van der Waals surface area contributed by atoms with Crippen molar-refractivity contribution in [1.29, 1.82) is 0 Å². The highest BCUT2D eigenvalue weighted by Crippen LogP contribution is 2.17. The Morgan fingerprint density at radius 2 is 1.44 bits per heavy atom. The molecule has 0 aromatic carbocycles. The molecule has 0 aromatic rings. The van der Waals surface area contributed by atoms with Crippen molar-refractivity contribution in [3.63, 3.8) is 0 Å². The van der Waals surface area contributed by atoms with Crippen LogP contribution in [0.5, 0.6) is 0 Å². The van der Waals surface area contributed by atoms with Gasteiger partial charge in [0.15, 0.2) is 9.84 Å². The molecule has 0 heterocycles. The zero-order valence-electron chi connectivity index (χ0n) is 11.9. The quantitative estimate of drug-likeness (QED) is 0.713. The van der Waals surface area contributed by atoms with Gasteiger partial charge in [0.05, 0.1) is 11.5 Å². The van der Waals surface area contributed by atoms with E-state index in [1.807, 2.05) is 0 Å². The maximum absolute atomic E-state index is 11.7. The largest absolute Gasteiger partial charge is 0.299 e. The van der Waals surface area contributed by atoms with Crippen LogP contribution in [0, 0.1) is 11.3 Å². The monoisotopic (exact) mass is 276 g/mol. The zero-order valence-corrected chi connectivity index (χ0v) is 12.8. The van der Waals surface area contributed by atoms with Crippen molar-refractivity contribution >= 4 is 21.4 Å². The van der Waals surface area contributed by atoms with E-state index in [0.717, 1.165) is 0 Å². The molecule has 18 heavy (non-hydrogen) atoms. The Labute approximate surface area is 110 Å². The molecule has 0 aliphatic carbocycles. The average Bonchev–Trinajstić information content (AvgIpc) is 2.21. The topological polar surface area (TPSA) is 68.3 Å². The fourth-order valence-electron chi connectivity index (χ4n) is 1.27. The fourth-order valence-corrected chi connectivity index (χ4v) is 2.48. The van der Waals surface area contributed by atoms with Crippen molar-refractivity contribution in [2.45, 2.75) is 47.5 Å². The number of hydrogen-bond acceptors (Lipinski definition) is 4. The van der Waals surface area contributed by atoms with Gasteiger partial charge in [-0.1, -0.05) is 34.6 Å². The van der Waals surface area contributed by atoms with Crippen molar-refractivity contribution in [3.05, 3.63) is 0 Å². The molecule has 0 saturated carbocycles. The van der Waals surface area contributed by atoms with Crippen LogP contribution in [0.3, 0.4) is 0 Å². The van der Waals surface area contributed by atoms with E-state index in [1.165, 1.54) is 0 Å². The van der Waals surface area contributed by atoms with Crippen molar-refractivity contribution in [2.24, 2.45) is 11.3 Å². The third-order valence-electron chi connectivity index (χ3n) is 2.78. The summed E-state index contributed by atoms with van der Waals surface area (Å²) in [4.78, 5) is 23.0. The Hall–Kier alpha value is -0.710. The summed E-state index contributed by atoms with van der Waals surface area (Å²) in [5, 5.41) is 0. The molecular formula is C13H24O4S. The van der Waals surface area contributed by atoms with Gasteiger partial charge in [-0.05, 0) is 0 Å². The van der Waals surface area contributed by atoms with E-state index in [2.05, 4.69) is 0 Å². The second-order valence-electron chi connectivity index (χ2n) is 5.95. The highest BCUT2D eigenvalue weighted by Gasteiger charge is 2.23. The van der Waals surface area contributed by atoms with E-state index >= 15 is 0 Å². The first-order chi connectivity index (χ1) is 7.96. The minimum absolute atomic E-state index is 0.0295. The minimum Gasteiger partial charge on any atom is -0.299 e. The van der Waals surface area contributed by atoms with Gasteiger partial charge in [-0.2, -0.15) is 0 Å². The lowest BCUT2D eigenvalue weighted by Crippen LogP contribution is -2.24. The van der Waals surface area contributed by atoms with Crippen molar-refractivity contribution in [2.75, 3.05) is 11.5 Å². The van der Waals surface area contributed by atoms with Crippen LogP contribution < -0.4 is 0 Å². The minimum atomic E-state index is -3.31. The van der Waals surface area contributed by atoms with E-state index in [0.29, 0.717) is 0 Å². The first-order valence-electron chi connectivity index (χ1n) is 6.22. The molecule has 0 N–H and O–H groups in total. The van der Waals surface area contributed by atoms with E-state index in [4.69, 9.17) is 0 Å². The van der Waals surface area contributed by atoms with Crippen molar-refractivity contribution in [1.82, 2.24) is 0 Å². The normalized spacial score (nSPS) is 12.8. The molecule has 0 aromatic heterocycles. The third kappa shape index (κ3) is 6.89. The summed E-state index contributed by atoms with van der Waals surface area (Å²) in [6.07, 6.45) is 0.0748. The van der Waals surface area contributed by atoms with Crippen molar-refractivity contribution < 1.29 is 18.0 Å². The average molecular weight is 276 g/mol. The first-order valence-corrected chi connectivity index (χ1v) is 8.04. The molecule has 0 fully saturated rings. The molecule has 0 atom stereocenters. The van der Waals surface area contributed by atoms with Gasteiger partial charge in [0.25, 0.3) is 0 Å². The predicted molar refractivity (Wildman–Crippen MR) is 72.2 cm³/mol. The summed E-state index contributed by atoms with van der Waals surface area (Å²) in [5.41, 5.74) is -0.511. The standard InChI is InChI=1S/C13H24O4S/c1-10(2)11(14)6-8-18(16,17)9-7-12(15)13(3,4)5/h10H,6-9H2,1-5H3. The lowest BCUT2D eigenvalue weighted by atomic mass is 9.89. The van der Waals surface area contributed by atoms with Gasteiger partial charge in [-0.25, -0.2) is 8.42 Å². The molecule has 0 bridgehead atoms. The van der Waals surface area contributed by atoms with E-state index in [1.54, 1.807) is 34.6 Å². The van der Waals surface area contributed by atoms with Crippen LogP contribution in [-0.4, -0.2) is 31.5 Å². The lowest BCUT2D eigenvalue weighted by molar-refractivity contribution is -0.125. The van der Waals surface area contributed by atoms with E-state index in [-0.39, 0.29) is 41.8 Å². The molecular weight excluding hydrogens is 252 g/mol. The molecule has 0 saturated heterocycles. The number of carbonyl (C=O) groups excluding carboxylic acids is 2. The Morgan fingerprint density at radius 3 is 1.83 bits per heavy atom. The number of hydrogen-bond donors (Lipinski definition) is 0. The summed E-state index contributed by atoms with van der Waals surface area (Å²) in [6.45, 7) is 8.80. The molecule has 4 nitrogen and oxygen atoms in total. The van der Waals surface area contributed by atoms with Crippen LogP contribution in [0.1, 0.15) is 47.5 Å². The molecule has 5 heteroatoms. The van der Waals surface area contributed by atoms with Crippen LogP contribution in [0.4, 0.5) is 0 Å². The SMILES string of the molecule is CC(C)C(=O)CCS(=O)(=O)CCC(=O)C(C)(C)C. The Balaban J connectivity index is 4.26. The molecule has 0 aliphatic heterocycles. The highest BCUT2D eigenvalue weighted by atomic mass is 32.2. The van der Waals surface area contributed by atoms with Gasteiger partial charge in [-0.15, -0.1) is 0 Å². The molecule has 0 amide bonds. The highest BCUT2D eigenvalue weighted by molar-refractivity contribution is 7.91. The molecule has 0 aliphatic rings. The van der Waals surface area contributed by atoms with Gasteiger partial charge in [0.2, 0.25) is 0 Å². The van der Waals surface area contributed by atoms with Crippen LogP contribution >= 0.6 is 0 Å². The number of rotatable bonds is 7. The van der Waals surface area contributed by atoms with Crippen LogP contribution in [-0.2, 0) is 19.4 Å². The smallest absolute Gasteiger partial charge is 0.151 e. The number of ketones is 2. The van der Waals surface area contributed by atoms with E-state index < -0.39 is 15.3 Å². The number of carbonyl (C=O) groups is 2. The van der Waals surface area contributed by atoms with Gasteiger partial charge >= 0.3 is 0 Å². The fraction of sp³-hybridized carbons (Fsp3) is 0.846. The van der Waals surface area contributed by atoms with E-state index in [9.17, 15) is 18.0 Å². The molecule has 0 radical (unpaired) electrons. The van der Waals surface area contributed by atoms with Crippen LogP contribution in [0.15, 0.2) is 0 Å². The van der Waals surface area contributed by atoms with Gasteiger partial charge in [0, 0.05) is 24.2 Å². The third-order valence-corrected chi connectivity index (χ3v) is 4.43. The summed E-state index contributed by atoms with van der Waals surface area (Å²) < 4.78 is 23.4. The Kier molecular flexibility index (Phi) is 6.20. The maximum atomic E-state index is 11.7. The first kappa shape index (κ1) is 17.3. The van der Waals surface area contributed by atoms with Crippen LogP contribution in [0.25, 0.3) is 0 Å². The zero-order chi connectivity index (χ0) is 14.6. The number of sulfone groups is 1. The Morgan fingerprint density at radius 1 is 1.00 bits per heavy atom. The number of Topliss-reactive ketones (excluding diaryl/α,β-unsaturated/α-hetero) is 2. The van der Waals surface area contributed by atoms with Gasteiger partial charge in [0.1, 0.15) is 11.6 Å². The van der Waals surface area contributed by atoms with Gasteiger partial charge < -0.3 is 0 Å². The summed E-state index contributed by atoms with van der Waals surface area (Å²) in [5.74, 6) is -0.575. The molecule has 0 unspecified atom stereocenters. The van der Waals surface area contributed by atoms with Crippen molar-refractivity contribution in [3.8, 4) is 0 Å². The predicted octanol–water partition coefficient (Wildman–Crippen LogP) is 2.02. The summed E-state index contributed by atoms with van der Waals surface area (Å²) in [6, 6.07) is 0. The lowest BCUT2D eigenvalue weighted by Gasteiger charge is -2.16. The molecule has 0 rings (SSSR count). The summed E-state index contributed by atoms with van der Waals surface area (Å²) >= 11 is 0. The second kappa shape index (κ2) is 6.45. The summed E-state index contributed by atoms with van der Waals surface area (Å²) in [7, 11) is -3.31.